The molecule has 1 N–H and O–H groups in total. The summed E-state index contributed by atoms with van der Waals surface area (Å²) < 4.78 is 24.2. The van der Waals surface area contributed by atoms with E-state index in [0.717, 1.165) is 5.56 Å². The van der Waals surface area contributed by atoms with Gasteiger partial charge in [0.15, 0.2) is 0 Å². The fraction of sp³-hybridized carbons (Fsp3) is 0.182. The van der Waals surface area contributed by atoms with Crippen LogP contribution in [-0.2, 0) is 16.0 Å². The molecule has 0 saturated carbocycles. The van der Waals surface area contributed by atoms with Crippen LogP contribution in [-0.4, -0.2) is 19.0 Å². The first-order valence-electron chi connectivity index (χ1n) is 8.80. The lowest BCUT2D eigenvalue weighted by molar-refractivity contribution is -0.116. The largest absolute Gasteiger partial charge is 0.465 e. The summed E-state index contributed by atoms with van der Waals surface area (Å²) in [6.07, 6.45) is 0.558. The van der Waals surface area contributed by atoms with Gasteiger partial charge < -0.3 is 14.5 Å². The summed E-state index contributed by atoms with van der Waals surface area (Å²) >= 11 is 0. The van der Waals surface area contributed by atoms with E-state index in [1.807, 2.05) is 6.92 Å². The van der Waals surface area contributed by atoms with Crippen LogP contribution in [0.3, 0.4) is 0 Å². The van der Waals surface area contributed by atoms with Gasteiger partial charge in [-0.25, -0.2) is 9.18 Å². The van der Waals surface area contributed by atoms with E-state index in [1.165, 1.54) is 13.2 Å². The number of esters is 1. The van der Waals surface area contributed by atoms with E-state index < -0.39 is 5.97 Å². The van der Waals surface area contributed by atoms with E-state index >= 15 is 0 Å². The Labute approximate surface area is 162 Å². The van der Waals surface area contributed by atoms with Gasteiger partial charge in [0.05, 0.1) is 18.2 Å². The van der Waals surface area contributed by atoms with E-state index in [0.29, 0.717) is 34.8 Å². The molecular weight excluding hydrogens is 361 g/mol. The number of carbonyl (C=O) groups is 2. The number of hydrogen-bond donors (Lipinski definition) is 1. The molecule has 1 amide bonds. The van der Waals surface area contributed by atoms with Gasteiger partial charge in [0, 0.05) is 18.5 Å². The van der Waals surface area contributed by atoms with E-state index in [1.54, 1.807) is 48.5 Å². The third-order valence-corrected chi connectivity index (χ3v) is 4.33. The summed E-state index contributed by atoms with van der Waals surface area (Å²) in [7, 11) is 1.30. The second-order valence-electron chi connectivity index (χ2n) is 6.32. The molecule has 1 heterocycles. The number of nitrogens with one attached hydrogen (secondary N) is 1. The summed E-state index contributed by atoms with van der Waals surface area (Å²) in [4.78, 5) is 23.9. The number of furan rings is 1. The van der Waals surface area contributed by atoms with Crippen molar-refractivity contribution in [2.45, 2.75) is 19.8 Å². The van der Waals surface area contributed by atoms with E-state index in [4.69, 9.17) is 9.15 Å². The van der Waals surface area contributed by atoms with Crippen molar-refractivity contribution in [1.29, 1.82) is 0 Å². The molecule has 28 heavy (non-hydrogen) atoms. The number of rotatable bonds is 6. The molecule has 5 nitrogen and oxygen atoms in total. The lowest BCUT2D eigenvalue weighted by Gasteiger charge is -2.09. The highest BCUT2D eigenvalue weighted by atomic mass is 19.1. The normalized spacial score (nSPS) is 10.5. The van der Waals surface area contributed by atoms with E-state index in [2.05, 4.69) is 5.32 Å². The fourth-order valence-corrected chi connectivity index (χ4v) is 2.77. The first-order chi connectivity index (χ1) is 13.5. The van der Waals surface area contributed by atoms with Gasteiger partial charge in [0.25, 0.3) is 0 Å². The van der Waals surface area contributed by atoms with Gasteiger partial charge in [-0.3, -0.25) is 4.79 Å². The van der Waals surface area contributed by atoms with Gasteiger partial charge in [-0.15, -0.1) is 0 Å². The molecule has 3 rings (SSSR count). The second kappa shape index (κ2) is 8.52. The van der Waals surface area contributed by atoms with Crippen molar-refractivity contribution >= 4 is 17.6 Å². The van der Waals surface area contributed by atoms with Crippen molar-refractivity contribution in [3.63, 3.8) is 0 Å². The number of anilines is 1. The van der Waals surface area contributed by atoms with Crippen LogP contribution in [0.1, 0.15) is 28.1 Å². The van der Waals surface area contributed by atoms with Crippen LogP contribution in [0.4, 0.5) is 10.1 Å². The molecule has 0 fully saturated rings. The molecule has 0 spiro atoms. The van der Waals surface area contributed by atoms with Crippen LogP contribution < -0.4 is 5.32 Å². The molecule has 0 unspecified atom stereocenters. The Bertz CT molecular complexity index is 1010. The van der Waals surface area contributed by atoms with E-state index in [-0.39, 0.29) is 18.1 Å². The van der Waals surface area contributed by atoms with Gasteiger partial charge in [-0.2, -0.15) is 0 Å². The first-order valence-corrected chi connectivity index (χ1v) is 8.80. The second-order valence-corrected chi connectivity index (χ2v) is 6.32. The minimum absolute atomic E-state index is 0.187. The molecule has 0 aliphatic heterocycles. The highest BCUT2D eigenvalue weighted by Crippen LogP contribution is 2.25. The van der Waals surface area contributed by atoms with E-state index in [9.17, 15) is 14.0 Å². The Balaban J connectivity index is 1.63. The van der Waals surface area contributed by atoms with Crippen LogP contribution in [0.25, 0.3) is 11.3 Å². The third-order valence-electron chi connectivity index (χ3n) is 4.33. The number of carbonyl (C=O) groups excluding carboxylic acids is 2. The Hall–Kier alpha value is -3.41. The van der Waals surface area contributed by atoms with Crippen molar-refractivity contribution in [2.24, 2.45) is 0 Å². The monoisotopic (exact) mass is 381 g/mol. The Morgan fingerprint density at radius 2 is 1.89 bits per heavy atom. The Morgan fingerprint density at radius 3 is 2.64 bits per heavy atom. The number of methoxy groups -OCH3 is 1. The van der Waals surface area contributed by atoms with Gasteiger partial charge in [0.1, 0.15) is 17.3 Å². The highest BCUT2D eigenvalue weighted by molar-refractivity contribution is 5.95. The standard InChI is InChI=1S/C22H20FNO4/c1-14-7-8-15(22(26)27-2)13-19(14)24-21(25)12-10-16-9-11-20(28-16)17-5-3-4-6-18(17)23/h3-9,11,13H,10,12H2,1-2H3,(H,24,25). The number of amides is 1. The maximum absolute atomic E-state index is 13.8. The number of aryl methyl sites for hydroxylation is 2. The molecular formula is C22H20FNO4. The molecule has 0 radical (unpaired) electrons. The van der Waals surface area contributed by atoms with Crippen LogP contribution in [0.2, 0.25) is 0 Å². The minimum atomic E-state index is -0.466. The molecule has 0 atom stereocenters. The number of halogens is 1. The maximum atomic E-state index is 13.8. The van der Waals surface area contributed by atoms with Crippen LogP contribution >= 0.6 is 0 Å². The molecule has 2 aromatic carbocycles. The summed E-state index contributed by atoms with van der Waals surface area (Å²) in [5.74, 6) is -0.0219. The molecule has 0 aliphatic carbocycles. The van der Waals surface area contributed by atoms with Crippen molar-refractivity contribution in [1.82, 2.24) is 0 Å². The van der Waals surface area contributed by atoms with Gasteiger partial charge in [-0.1, -0.05) is 18.2 Å². The smallest absolute Gasteiger partial charge is 0.337 e. The molecule has 0 aliphatic rings. The van der Waals surface area contributed by atoms with Crippen LogP contribution in [0.15, 0.2) is 59.0 Å². The summed E-state index contributed by atoms with van der Waals surface area (Å²) in [6.45, 7) is 1.84. The third kappa shape index (κ3) is 4.46. The average molecular weight is 381 g/mol. The zero-order valence-electron chi connectivity index (χ0n) is 15.6. The van der Waals surface area contributed by atoms with Crippen molar-refractivity contribution < 1.29 is 23.1 Å². The number of hydrogen-bond acceptors (Lipinski definition) is 4. The van der Waals surface area contributed by atoms with Gasteiger partial charge >= 0.3 is 5.97 Å². The number of ether oxygens (including phenoxy) is 1. The molecule has 1 aromatic heterocycles. The molecule has 144 valence electrons. The lowest BCUT2D eigenvalue weighted by atomic mass is 10.1. The summed E-state index contributed by atoms with van der Waals surface area (Å²) in [5.41, 5.74) is 2.14. The summed E-state index contributed by atoms with van der Waals surface area (Å²) in [5, 5.41) is 2.80. The number of benzene rings is 2. The minimum Gasteiger partial charge on any atom is -0.465 e. The predicted molar refractivity (Wildman–Crippen MR) is 104 cm³/mol. The van der Waals surface area contributed by atoms with Crippen LogP contribution in [0, 0.1) is 12.7 Å². The van der Waals surface area contributed by atoms with Crippen LogP contribution in [0.5, 0.6) is 0 Å². The van der Waals surface area contributed by atoms with Gasteiger partial charge in [-0.05, 0) is 48.9 Å². The average Bonchev–Trinajstić information content (AvgIpc) is 3.16. The summed E-state index contributed by atoms with van der Waals surface area (Å²) in [6, 6.07) is 14.8. The molecule has 3 aromatic rings. The molecule has 0 bridgehead atoms. The zero-order chi connectivity index (χ0) is 20.1. The SMILES string of the molecule is COC(=O)c1ccc(C)c(NC(=O)CCc2ccc(-c3ccccc3F)o2)c1. The highest BCUT2D eigenvalue weighted by Gasteiger charge is 2.13. The van der Waals surface area contributed by atoms with Gasteiger partial charge in [0.2, 0.25) is 5.91 Å². The molecule has 6 heteroatoms. The first kappa shape index (κ1) is 19.4. The zero-order valence-corrected chi connectivity index (χ0v) is 15.6. The maximum Gasteiger partial charge on any atom is 0.337 e. The Kier molecular flexibility index (Phi) is 5.89. The van der Waals surface area contributed by atoms with Crippen molar-refractivity contribution in [3.05, 3.63) is 77.3 Å². The predicted octanol–water partition coefficient (Wildman–Crippen LogP) is 4.75. The topological polar surface area (TPSA) is 68.5 Å². The Morgan fingerprint density at radius 1 is 1.11 bits per heavy atom. The van der Waals surface area contributed by atoms with Crippen molar-refractivity contribution in [3.8, 4) is 11.3 Å². The van der Waals surface area contributed by atoms with Crippen molar-refractivity contribution in [2.75, 3.05) is 12.4 Å². The quantitative estimate of drug-likeness (QED) is 0.626. The molecule has 0 saturated heterocycles. The fourth-order valence-electron chi connectivity index (χ4n) is 2.77. The lowest BCUT2D eigenvalue weighted by Crippen LogP contribution is -2.14.